The number of piperazine rings is 1. The molecule has 47 heavy (non-hydrogen) atoms. The van der Waals surface area contributed by atoms with Gasteiger partial charge in [0.25, 0.3) is 5.91 Å². The summed E-state index contributed by atoms with van der Waals surface area (Å²) < 4.78 is 4.75. The zero-order chi connectivity index (χ0) is 33.0. The Balaban J connectivity index is 0.00000384. The summed E-state index contributed by atoms with van der Waals surface area (Å²) in [4.78, 5) is 101. The first-order chi connectivity index (χ1) is 21.3. The first-order valence-corrected chi connectivity index (χ1v) is 14.5. The number of urea groups is 1. The van der Waals surface area contributed by atoms with Gasteiger partial charge in [-0.05, 0) is 30.7 Å². The van der Waals surface area contributed by atoms with Crippen molar-refractivity contribution in [3.05, 3.63) is 41.6 Å². The predicted molar refractivity (Wildman–Crippen MR) is 147 cm³/mol. The number of nitrogens with two attached hydrogens (primary N) is 1. The summed E-state index contributed by atoms with van der Waals surface area (Å²) >= 11 is 1.19. The topological polar surface area (TPSA) is 255 Å². The van der Waals surface area contributed by atoms with Crippen LogP contribution in [0.1, 0.15) is 24.9 Å². The molecule has 18 nitrogen and oxygen atoms in total. The Morgan fingerprint density at radius 3 is 2.32 bits per heavy atom. The van der Waals surface area contributed by atoms with Crippen LogP contribution in [0.25, 0.3) is 0 Å². The maximum Gasteiger partial charge on any atom is 1.00 e. The van der Waals surface area contributed by atoms with Crippen molar-refractivity contribution in [2.45, 2.75) is 30.8 Å². The number of anilines is 1. The molecule has 4 rings (SSSR count). The predicted octanol–water partition coefficient (Wildman–Crippen LogP) is -9.87. The number of nitrogens with one attached hydrogen (secondary N) is 2. The number of carbonyl (C=O) groups excluding carboxylic acids is 8. The normalized spacial score (nSPS) is 19.1. The Morgan fingerprint density at radius 2 is 1.72 bits per heavy atom. The van der Waals surface area contributed by atoms with Gasteiger partial charge in [-0.15, -0.1) is 11.8 Å². The molecule has 3 heterocycles. The molecular weight excluding hydrogens is 664 g/mol. The van der Waals surface area contributed by atoms with Crippen molar-refractivity contribution < 1.29 is 112 Å². The van der Waals surface area contributed by atoms with E-state index in [-0.39, 0.29) is 101 Å². The van der Waals surface area contributed by atoms with Gasteiger partial charge in [0.15, 0.2) is 0 Å². The van der Waals surface area contributed by atoms with Gasteiger partial charge in [-0.2, -0.15) is 0 Å². The number of carbonyl (C=O) groups is 8. The number of likely N-dealkylation sites (N-methyl/N-ethyl adjacent to an activating group) is 1. The number of β-lactam (4-membered cyclic amide) rings is 1. The summed E-state index contributed by atoms with van der Waals surface area (Å²) in [6, 6.07) is 1.39. The number of nitrogens with zero attached hydrogens (tertiary/aromatic N) is 4. The number of aliphatic carboxylic acids is 2. The maximum atomic E-state index is 13.6. The van der Waals surface area contributed by atoms with Crippen LogP contribution < -0.4 is 90.8 Å². The molecular formula is C26H27N7Na2O11S. The second kappa shape index (κ2) is 17.3. The number of amides is 7. The number of imide groups is 1. The molecule has 0 unspecified atom stereocenters. The second-order valence-electron chi connectivity index (χ2n) is 9.72. The number of carboxylic acid groups (broad SMARTS) is 2. The molecule has 0 saturated carbocycles. The fraction of sp³-hybridized carbons (Fsp3) is 0.385. The quantitative estimate of drug-likeness (QED) is 0.0515. The summed E-state index contributed by atoms with van der Waals surface area (Å²) in [5.41, 5.74) is -0.178. The molecule has 0 aromatic heterocycles. The first kappa shape index (κ1) is 40.0. The van der Waals surface area contributed by atoms with Crippen LogP contribution in [0.5, 0.6) is 0 Å². The number of carboxylic acids is 2. The third-order valence-corrected chi connectivity index (χ3v) is 8.24. The first-order valence-electron chi connectivity index (χ1n) is 13.4. The molecule has 4 N–H and O–H groups in total. The van der Waals surface area contributed by atoms with Gasteiger partial charge in [-0.25, -0.2) is 20.4 Å². The molecule has 0 bridgehead atoms. The number of rotatable bonds is 10. The molecule has 21 heteroatoms. The Bertz CT molecular complexity index is 1480. The summed E-state index contributed by atoms with van der Waals surface area (Å²) in [5, 5.41) is 26.7. The molecule has 1 aromatic rings. The third kappa shape index (κ3) is 8.85. The zero-order valence-corrected chi connectivity index (χ0v) is 30.4. The standard InChI is InChI=1S/C26H29N7O11S.2Na/c1-2-30-9-10-31(22(39)21(30)38)25(42)29-17(13-3-5-14(6-4-13)33(27)26(43)44-11-7-16(34)35)19(36)28-18-20(37)32-15(24(40)41)8-12-45-23(18)32;;/h3-6,8,17-18,23H,2,7,9-12,27H2,1H3,(H,28,36)(H,29,42)(H,34,35)(H,40,41);;/q;2*+1/p-2/t17-,18-,23+;;/m1../s1. The molecule has 240 valence electrons. The molecule has 2 fully saturated rings. The number of fused-ring (bicyclic) bond motifs is 1. The van der Waals surface area contributed by atoms with E-state index in [9.17, 15) is 48.6 Å². The van der Waals surface area contributed by atoms with Crippen molar-refractivity contribution in [2.24, 2.45) is 5.84 Å². The minimum Gasteiger partial charge on any atom is -0.550 e. The number of hydrogen-bond donors (Lipinski definition) is 3. The van der Waals surface area contributed by atoms with E-state index in [1.165, 1.54) is 47.0 Å². The SMILES string of the molecule is CCN1CCN(C(=O)N[C@@H](C(=O)N[C@@H]2C(=O)N3C(C(=O)[O-])=CCS[C@@H]23)c2ccc(N(N)C(=O)OCCC(=O)[O-])cc2)C(=O)C1=O.[Na+].[Na+]. The summed E-state index contributed by atoms with van der Waals surface area (Å²) in [5.74, 6) is -0.636. The molecule has 3 aliphatic rings. The van der Waals surface area contributed by atoms with E-state index in [0.717, 1.165) is 4.90 Å². The average Bonchev–Trinajstić information content (AvgIpc) is 3.02. The molecule has 0 radical (unpaired) electrons. The van der Waals surface area contributed by atoms with E-state index in [0.29, 0.717) is 9.91 Å². The molecule has 7 amide bonds. The van der Waals surface area contributed by atoms with Gasteiger partial charge in [-0.3, -0.25) is 29.0 Å². The summed E-state index contributed by atoms with van der Waals surface area (Å²) in [6.45, 7) is 1.35. The maximum absolute atomic E-state index is 13.6. The van der Waals surface area contributed by atoms with Crippen molar-refractivity contribution in [2.75, 3.05) is 37.0 Å². The minimum atomic E-state index is -1.55. The van der Waals surface area contributed by atoms with Crippen LogP contribution >= 0.6 is 11.8 Å². The van der Waals surface area contributed by atoms with E-state index in [1.807, 2.05) is 0 Å². The van der Waals surface area contributed by atoms with Crippen molar-refractivity contribution in [1.82, 2.24) is 25.3 Å². The average molecular weight is 692 g/mol. The van der Waals surface area contributed by atoms with E-state index < -0.39 is 78.2 Å². The van der Waals surface area contributed by atoms with Crippen LogP contribution in [0.2, 0.25) is 0 Å². The third-order valence-electron chi connectivity index (χ3n) is 7.05. The Hall–Kier alpha value is -3.17. The molecule has 1 aromatic carbocycles. The Morgan fingerprint density at radius 1 is 1.06 bits per heavy atom. The number of ether oxygens (including phenoxy) is 1. The number of hydrazine groups is 1. The van der Waals surface area contributed by atoms with Crippen molar-refractivity contribution in [3.8, 4) is 0 Å². The second-order valence-corrected chi connectivity index (χ2v) is 10.9. The van der Waals surface area contributed by atoms with Crippen LogP contribution in [0.4, 0.5) is 15.3 Å². The Kier molecular flexibility index (Phi) is 14.7. The number of thioether (sulfide) groups is 1. The van der Waals surface area contributed by atoms with E-state index in [1.54, 1.807) is 6.92 Å². The Labute approximate surface area is 315 Å². The molecule has 3 aliphatic heterocycles. The van der Waals surface area contributed by atoms with Crippen LogP contribution in [-0.2, 0) is 33.5 Å². The van der Waals surface area contributed by atoms with Crippen LogP contribution in [0.3, 0.4) is 0 Å². The number of benzene rings is 1. The number of hydrogen-bond acceptors (Lipinski definition) is 13. The summed E-state index contributed by atoms with van der Waals surface area (Å²) in [7, 11) is 0. The largest absolute Gasteiger partial charge is 1.00 e. The van der Waals surface area contributed by atoms with Gasteiger partial charge in [0, 0.05) is 37.8 Å². The van der Waals surface area contributed by atoms with Gasteiger partial charge < -0.3 is 40.1 Å². The van der Waals surface area contributed by atoms with Crippen LogP contribution in [0.15, 0.2) is 36.0 Å². The fourth-order valence-electron chi connectivity index (χ4n) is 4.66. The van der Waals surface area contributed by atoms with Crippen LogP contribution in [-0.4, -0.2) is 106 Å². The van der Waals surface area contributed by atoms with Gasteiger partial charge in [0.1, 0.15) is 17.5 Å². The molecule has 3 atom stereocenters. The monoisotopic (exact) mass is 691 g/mol. The van der Waals surface area contributed by atoms with Gasteiger partial charge in [-0.1, -0.05) is 12.1 Å². The van der Waals surface area contributed by atoms with Gasteiger partial charge in [0.2, 0.25) is 5.91 Å². The van der Waals surface area contributed by atoms with Crippen molar-refractivity contribution in [3.63, 3.8) is 0 Å². The smallest absolute Gasteiger partial charge is 0.550 e. The van der Waals surface area contributed by atoms with E-state index in [4.69, 9.17) is 10.6 Å². The summed E-state index contributed by atoms with van der Waals surface area (Å²) in [6.07, 6.45) is -0.334. The van der Waals surface area contributed by atoms with Crippen molar-refractivity contribution in [1.29, 1.82) is 0 Å². The fourth-order valence-corrected chi connectivity index (χ4v) is 5.86. The molecule has 0 spiro atoms. The van der Waals surface area contributed by atoms with E-state index >= 15 is 0 Å². The van der Waals surface area contributed by atoms with Gasteiger partial charge in [0.05, 0.1) is 24.0 Å². The minimum absolute atomic E-state index is 0. The molecule has 0 aliphatic carbocycles. The van der Waals surface area contributed by atoms with Gasteiger partial charge >= 0.3 is 83.1 Å². The van der Waals surface area contributed by atoms with Crippen LogP contribution in [0, 0.1) is 0 Å². The van der Waals surface area contributed by atoms with Crippen molar-refractivity contribution >= 4 is 65.1 Å². The van der Waals surface area contributed by atoms with E-state index in [2.05, 4.69) is 10.6 Å². The zero-order valence-electron chi connectivity index (χ0n) is 25.6. The molecule has 2 saturated heterocycles.